The lowest BCUT2D eigenvalue weighted by molar-refractivity contribution is -0.136. The van der Waals surface area contributed by atoms with Gasteiger partial charge in [-0.3, -0.25) is 34.7 Å². The number of para-hydroxylation sites is 1. The molecule has 184 valence electrons. The second kappa shape index (κ2) is 8.48. The van der Waals surface area contributed by atoms with Crippen LogP contribution in [0.5, 0.6) is 0 Å². The molecule has 36 heavy (non-hydrogen) atoms. The third-order valence-corrected chi connectivity index (χ3v) is 7.45. The van der Waals surface area contributed by atoms with Gasteiger partial charge in [0.1, 0.15) is 22.6 Å². The number of pyridine rings is 1. The Morgan fingerprint density at radius 3 is 2.61 bits per heavy atom. The van der Waals surface area contributed by atoms with E-state index < -0.39 is 41.2 Å². The topological polar surface area (TPSA) is 150 Å². The monoisotopic (exact) mass is 506 g/mol. The highest BCUT2D eigenvalue weighted by molar-refractivity contribution is 7.18. The summed E-state index contributed by atoms with van der Waals surface area (Å²) in [6, 6.07) is 7.05. The molecule has 2 aliphatic rings. The summed E-state index contributed by atoms with van der Waals surface area (Å²) in [5.41, 5.74) is 0.995. The number of piperidine rings is 1. The Bertz CT molecular complexity index is 1480. The van der Waals surface area contributed by atoms with Gasteiger partial charge < -0.3 is 5.32 Å². The van der Waals surface area contributed by atoms with Crippen LogP contribution in [0.3, 0.4) is 0 Å². The second-order valence-electron chi connectivity index (χ2n) is 9.18. The van der Waals surface area contributed by atoms with Crippen LogP contribution in [0.1, 0.15) is 58.1 Å². The van der Waals surface area contributed by atoms with Crippen molar-refractivity contribution in [3.8, 4) is 0 Å². The van der Waals surface area contributed by atoms with E-state index in [2.05, 4.69) is 20.9 Å². The van der Waals surface area contributed by atoms with Gasteiger partial charge in [-0.15, -0.1) is 11.3 Å². The minimum Gasteiger partial charge on any atom is -0.326 e. The van der Waals surface area contributed by atoms with E-state index >= 15 is 0 Å². The molecule has 6 amide bonds. The third kappa shape index (κ3) is 3.98. The van der Waals surface area contributed by atoms with E-state index in [4.69, 9.17) is 4.98 Å². The molecule has 4 heterocycles. The predicted molar refractivity (Wildman–Crippen MR) is 130 cm³/mol. The van der Waals surface area contributed by atoms with Crippen LogP contribution in [-0.4, -0.2) is 50.6 Å². The summed E-state index contributed by atoms with van der Waals surface area (Å²) in [6.07, 6.45) is 0.0677. The second-order valence-corrected chi connectivity index (χ2v) is 10.2. The Labute approximate surface area is 209 Å². The van der Waals surface area contributed by atoms with Crippen molar-refractivity contribution in [3.05, 3.63) is 52.2 Å². The molecule has 5 rings (SSSR count). The maximum absolute atomic E-state index is 12.9. The first-order valence-electron chi connectivity index (χ1n) is 11.2. The zero-order chi connectivity index (χ0) is 25.8. The number of anilines is 1. The summed E-state index contributed by atoms with van der Waals surface area (Å²) in [6.45, 7) is 5.64. The number of amides is 6. The average Bonchev–Trinajstić information content (AvgIpc) is 3.35. The smallest absolute Gasteiger partial charge is 0.321 e. The number of hydrogen-bond acceptors (Lipinski definition) is 8. The van der Waals surface area contributed by atoms with E-state index in [1.807, 2.05) is 39.0 Å². The molecular formula is C24H22N6O5S. The quantitative estimate of drug-likeness (QED) is 0.460. The van der Waals surface area contributed by atoms with E-state index in [9.17, 15) is 24.0 Å². The molecule has 1 aromatic carbocycles. The average molecular weight is 507 g/mol. The Kier molecular flexibility index (Phi) is 5.55. The van der Waals surface area contributed by atoms with E-state index in [1.54, 1.807) is 0 Å². The zero-order valence-electron chi connectivity index (χ0n) is 19.7. The van der Waals surface area contributed by atoms with Crippen molar-refractivity contribution in [2.75, 3.05) is 5.32 Å². The molecule has 0 radical (unpaired) electrons. The van der Waals surface area contributed by atoms with Gasteiger partial charge in [0.05, 0.1) is 21.3 Å². The molecule has 3 N–H and O–H groups in total. The van der Waals surface area contributed by atoms with Gasteiger partial charge in [-0.05, 0) is 51.0 Å². The van der Waals surface area contributed by atoms with Crippen LogP contribution in [0.2, 0.25) is 0 Å². The van der Waals surface area contributed by atoms with Gasteiger partial charge in [0.15, 0.2) is 0 Å². The van der Waals surface area contributed by atoms with Crippen LogP contribution in [-0.2, 0) is 15.1 Å². The van der Waals surface area contributed by atoms with E-state index in [1.165, 1.54) is 23.5 Å². The van der Waals surface area contributed by atoms with Crippen molar-refractivity contribution in [2.24, 2.45) is 0 Å². The normalized spacial score (nSPS) is 17.9. The predicted octanol–water partition coefficient (Wildman–Crippen LogP) is 2.46. The molecule has 1 fully saturated rings. The number of carbonyl (C=O) groups is 5. The Morgan fingerprint density at radius 2 is 1.89 bits per heavy atom. The van der Waals surface area contributed by atoms with Crippen LogP contribution in [0.4, 0.5) is 10.6 Å². The first-order valence-corrected chi connectivity index (χ1v) is 12.1. The van der Waals surface area contributed by atoms with Gasteiger partial charge in [-0.25, -0.2) is 14.8 Å². The fourth-order valence-electron chi connectivity index (χ4n) is 4.25. The lowest BCUT2D eigenvalue weighted by Gasteiger charge is -2.27. The number of hydrogen-bond donors (Lipinski definition) is 3. The largest absolute Gasteiger partial charge is 0.326 e. The molecule has 0 bridgehead atoms. The number of fused-ring (bicyclic) bond motifs is 2. The maximum Gasteiger partial charge on any atom is 0.321 e. The summed E-state index contributed by atoms with van der Waals surface area (Å²) < 4.78 is 1.02. The highest BCUT2D eigenvalue weighted by atomic mass is 32.1. The Balaban J connectivity index is 1.32. The van der Waals surface area contributed by atoms with E-state index in [-0.39, 0.29) is 29.9 Å². The third-order valence-electron chi connectivity index (χ3n) is 6.11. The zero-order valence-corrected chi connectivity index (χ0v) is 20.5. The van der Waals surface area contributed by atoms with E-state index in [0.29, 0.717) is 0 Å². The van der Waals surface area contributed by atoms with Crippen molar-refractivity contribution in [3.63, 3.8) is 0 Å². The molecule has 1 atom stereocenters. The number of aryl methyl sites for hydroxylation is 1. The minimum absolute atomic E-state index is 0.0221. The van der Waals surface area contributed by atoms with Crippen molar-refractivity contribution in [2.45, 2.75) is 45.2 Å². The summed E-state index contributed by atoms with van der Waals surface area (Å²) in [7, 11) is 0. The fourth-order valence-corrected chi connectivity index (χ4v) is 5.35. The van der Waals surface area contributed by atoms with Gasteiger partial charge in [-0.1, -0.05) is 12.1 Å². The number of thiazole rings is 1. The van der Waals surface area contributed by atoms with Crippen molar-refractivity contribution < 1.29 is 24.0 Å². The molecule has 2 aliphatic heterocycles. The summed E-state index contributed by atoms with van der Waals surface area (Å²) >= 11 is 1.49. The van der Waals surface area contributed by atoms with Crippen molar-refractivity contribution >= 4 is 57.0 Å². The molecule has 1 unspecified atom stereocenters. The van der Waals surface area contributed by atoms with E-state index in [0.717, 1.165) is 25.7 Å². The molecule has 0 aliphatic carbocycles. The number of aromatic nitrogens is 2. The maximum atomic E-state index is 12.9. The van der Waals surface area contributed by atoms with Gasteiger partial charge in [-0.2, -0.15) is 0 Å². The number of nitrogens with one attached hydrogen (secondary N) is 3. The highest BCUT2D eigenvalue weighted by Gasteiger charge is 2.45. The summed E-state index contributed by atoms with van der Waals surface area (Å²) in [5, 5.41) is 8.34. The van der Waals surface area contributed by atoms with Gasteiger partial charge in [0.2, 0.25) is 11.8 Å². The number of carbonyl (C=O) groups excluding carboxylic acids is 5. The van der Waals surface area contributed by atoms with Crippen LogP contribution in [0.15, 0.2) is 30.3 Å². The first-order chi connectivity index (χ1) is 17.0. The van der Waals surface area contributed by atoms with Crippen LogP contribution in [0.25, 0.3) is 10.2 Å². The van der Waals surface area contributed by atoms with Crippen LogP contribution >= 0.6 is 11.3 Å². The number of imide groups is 2. The molecule has 0 spiro atoms. The SMILES string of the molecule is Cc1cccc2sc(C(C)(C)NC(=O)Nc3ccc4c(n3)C(=O)N(C3CCC(=O)NC3=O)C4=O)nc12. The highest BCUT2D eigenvalue weighted by Crippen LogP contribution is 2.32. The number of benzene rings is 1. The molecule has 0 saturated carbocycles. The van der Waals surface area contributed by atoms with Crippen LogP contribution in [0, 0.1) is 6.92 Å². The Morgan fingerprint density at radius 1 is 1.11 bits per heavy atom. The minimum atomic E-state index is -1.09. The van der Waals surface area contributed by atoms with Gasteiger partial charge in [0.25, 0.3) is 11.8 Å². The molecule has 3 aromatic rings. The number of urea groups is 1. The molecular weight excluding hydrogens is 484 g/mol. The summed E-state index contributed by atoms with van der Waals surface area (Å²) in [4.78, 5) is 71.8. The molecule has 1 saturated heterocycles. The number of rotatable bonds is 4. The molecule has 12 heteroatoms. The standard InChI is InChI=1S/C24H22N6O5S/c1-11-5-4-6-14-17(11)28-22(36-14)24(2,3)29-23(35)26-15-9-7-12-18(25-15)21(34)30(20(12)33)13-8-10-16(31)27-19(13)32/h4-7,9,13H,8,10H2,1-3H3,(H,27,31,32)(H2,25,26,29,35). The van der Waals surface area contributed by atoms with Crippen LogP contribution < -0.4 is 16.0 Å². The van der Waals surface area contributed by atoms with Crippen molar-refractivity contribution in [1.29, 1.82) is 0 Å². The molecule has 11 nitrogen and oxygen atoms in total. The fraction of sp³-hybridized carbons (Fsp3) is 0.292. The Hall–Kier alpha value is -4.19. The lowest BCUT2D eigenvalue weighted by atomic mass is 10.0. The first kappa shape index (κ1) is 23.5. The summed E-state index contributed by atoms with van der Waals surface area (Å²) in [5.74, 6) is -2.51. The molecule has 2 aromatic heterocycles. The van der Waals surface area contributed by atoms with Crippen molar-refractivity contribution in [1.82, 2.24) is 25.5 Å². The number of nitrogens with zero attached hydrogens (tertiary/aromatic N) is 3. The van der Waals surface area contributed by atoms with Gasteiger partial charge >= 0.3 is 6.03 Å². The lowest BCUT2D eigenvalue weighted by Crippen LogP contribution is -2.54. The van der Waals surface area contributed by atoms with Gasteiger partial charge in [0, 0.05) is 6.42 Å².